The average Bonchev–Trinajstić information content (AvgIpc) is 3.65. The molecule has 0 saturated heterocycles. The Morgan fingerprint density at radius 2 is 1.71 bits per heavy atom. The molecule has 2 aromatic heterocycles. The van der Waals surface area contributed by atoms with Crippen LogP contribution in [0.5, 0.6) is 0 Å². The van der Waals surface area contributed by atoms with Gasteiger partial charge in [-0.15, -0.1) is 0 Å². The van der Waals surface area contributed by atoms with Crippen LogP contribution in [0.2, 0.25) is 10.0 Å². The second kappa shape index (κ2) is 11.8. The van der Waals surface area contributed by atoms with Crippen LogP contribution < -0.4 is 5.32 Å². The van der Waals surface area contributed by atoms with Crippen LogP contribution in [0.1, 0.15) is 67.6 Å². The zero-order valence-corrected chi connectivity index (χ0v) is 22.5. The summed E-state index contributed by atoms with van der Waals surface area (Å²) in [5.74, 6) is 0. The van der Waals surface area contributed by atoms with Crippen LogP contribution in [-0.4, -0.2) is 34.0 Å². The molecular weight excluding hydrogens is 475 g/mol. The van der Waals surface area contributed by atoms with E-state index in [1.165, 1.54) is 30.4 Å². The van der Waals surface area contributed by atoms with E-state index in [2.05, 4.69) is 54.2 Å². The molecule has 0 unspecified atom stereocenters. The van der Waals surface area contributed by atoms with Crippen LogP contribution in [0, 0.1) is 6.92 Å². The van der Waals surface area contributed by atoms with E-state index in [1.807, 2.05) is 30.5 Å². The Morgan fingerprint density at radius 1 is 0.971 bits per heavy atom. The number of nitrogens with one attached hydrogen (secondary N) is 1. The Bertz CT molecular complexity index is 1110. The second-order valence-corrected chi connectivity index (χ2v) is 11.1. The molecule has 0 radical (unpaired) electrons. The molecule has 0 bridgehead atoms. The van der Waals surface area contributed by atoms with Crippen molar-refractivity contribution in [1.82, 2.24) is 20.2 Å². The summed E-state index contributed by atoms with van der Waals surface area (Å²) >= 11 is 12.3. The minimum atomic E-state index is -0.192. The standard InChI is InChI=1S/C29H36Cl2N4/c1-21-17-24(31)18-34-27(21)19-35(16-5-4-14-32-25-12-13-25)20-28-26(7-6-15-33-28)29(2,3)22-8-10-23(30)11-9-22/h6-11,15,17-18,25,32H,4-5,12-14,16,19-20H2,1-3H3. The van der Waals surface area contributed by atoms with E-state index in [9.17, 15) is 0 Å². The SMILES string of the molecule is Cc1cc(Cl)cnc1CN(CCCCNC1CC1)Cc1ncccc1C(C)(C)c1ccc(Cl)cc1. The molecule has 0 aliphatic heterocycles. The van der Waals surface area contributed by atoms with E-state index in [0.29, 0.717) is 5.02 Å². The fourth-order valence-corrected chi connectivity index (χ4v) is 4.92. The van der Waals surface area contributed by atoms with Crippen LogP contribution in [0.3, 0.4) is 0 Å². The Morgan fingerprint density at radius 3 is 2.43 bits per heavy atom. The molecule has 1 aromatic carbocycles. The van der Waals surface area contributed by atoms with Crippen molar-refractivity contribution in [1.29, 1.82) is 0 Å². The normalized spacial score (nSPS) is 14.0. The van der Waals surface area contributed by atoms with E-state index in [-0.39, 0.29) is 5.41 Å². The van der Waals surface area contributed by atoms with E-state index in [0.717, 1.165) is 60.6 Å². The van der Waals surface area contributed by atoms with E-state index in [1.54, 1.807) is 6.20 Å². The monoisotopic (exact) mass is 510 g/mol. The molecule has 2 heterocycles. The maximum atomic E-state index is 6.17. The molecule has 186 valence electrons. The number of aryl methyl sites for hydroxylation is 1. The highest BCUT2D eigenvalue weighted by Crippen LogP contribution is 2.34. The van der Waals surface area contributed by atoms with Crippen molar-refractivity contribution in [2.24, 2.45) is 0 Å². The third kappa shape index (κ3) is 7.27. The Labute approximate surface area is 220 Å². The number of unbranched alkanes of at least 4 members (excludes halogenated alkanes) is 1. The van der Waals surface area contributed by atoms with Crippen molar-refractivity contribution in [2.45, 2.75) is 71.0 Å². The Hall–Kier alpha value is -1.98. The highest BCUT2D eigenvalue weighted by Gasteiger charge is 2.27. The van der Waals surface area contributed by atoms with Gasteiger partial charge in [-0.1, -0.05) is 55.2 Å². The first kappa shape index (κ1) is 26.1. The van der Waals surface area contributed by atoms with Crippen LogP contribution in [0.4, 0.5) is 0 Å². The first-order valence-electron chi connectivity index (χ1n) is 12.6. The molecule has 0 amide bonds. The molecule has 0 atom stereocenters. The molecule has 4 rings (SSSR count). The lowest BCUT2D eigenvalue weighted by Crippen LogP contribution is -2.29. The third-order valence-corrected chi connectivity index (χ3v) is 7.40. The van der Waals surface area contributed by atoms with Crippen LogP contribution >= 0.6 is 23.2 Å². The van der Waals surface area contributed by atoms with E-state index in [4.69, 9.17) is 28.2 Å². The van der Waals surface area contributed by atoms with Gasteiger partial charge in [-0.05, 0) is 86.7 Å². The number of hydrogen-bond donors (Lipinski definition) is 1. The van der Waals surface area contributed by atoms with Gasteiger partial charge in [0.25, 0.3) is 0 Å². The van der Waals surface area contributed by atoms with Gasteiger partial charge in [0.15, 0.2) is 0 Å². The zero-order valence-electron chi connectivity index (χ0n) is 21.0. The zero-order chi connectivity index (χ0) is 24.8. The van der Waals surface area contributed by atoms with Crippen LogP contribution in [0.15, 0.2) is 54.9 Å². The van der Waals surface area contributed by atoms with E-state index >= 15 is 0 Å². The second-order valence-electron chi connectivity index (χ2n) is 10.2. The highest BCUT2D eigenvalue weighted by molar-refractivity contribution is 6.30. The predicted molar refractivity (Wildman–Crippen MR) is 146 cm³/mol. The summed E-state index contributed by atoms with van der Waals surface area (Å²) < 4.78 is 0. The van der Waals surface area contributed by atoms with Gasteiger partial charge in [0.2, 0.25) is 0 Å². The quantitative estimate of drug-likeness (QED) is 0.267. The molecule has 3 aromatic rings. The third-order valence-electron chi connectivity index (χ3n) is 6.94. The number of nitrogens with zero attached hydrogens (tertiary/aromatic N) is 3. The molecule has 1 aliphatic rings. The number of pyridine rings is 2. The molecule has 1 saturated carbocycles. The molecule has 1 fully saturated rings. The molecule has 1 N–H and O–H groups in total. The number of aromatic nitrogens is 2. The maximum absolute atomic E-state index is 6.17. The van der Waals surface area contributed by atoms with Crippen molar-refractivity contribution >= 4 is 23.2 Å². The molecule has 35 heavy (non-hydrogen) atoms. The summed E-state index contributed by atoms with van der Waals surface area (Å²) in [4.78, 5) is 12.0. The summed E-state index contributed by atoms with van der Waals surface area (Å²) in [6.07, 6.45) is 8.62. The lowest BCUT2D eigenvalue weighted by atomic mass is 9.77. The molecular formula is C29H36Cl2N4. The number of benzene rings is 1. The van der Waals surface area contributed by atoms with Gasteiger partial charge in [-0.25, -0.2) is 0 Å². The topological polar surface area (TPSA) is 41.1 Å². The largest absolute Gasteiger partial charge is 0.314 e. The highest BCUT2D eigenvalue weighted by atomic mass is 35.5. The number of hydrogen-bond acceptors (Lipinski definition) is 4. The van der Waals surface area contributed by atoms with Crippen molar-refractivity contribution in [3.63, 3.8) is 0 Å². The number of rotatable bonds is 12. The fourth-order valence-electron chi connectivity index (χ4n) is 4.58. The van der Waals surface area contributed by atoms with Gasteiger partial charge in [-0.3, -0.25) is 14.9 Å². The maximum Gasteiger partial charge on any atom is 0.0592 e. The van der Waals surface area contributed by atoms with Crippen molar-refractivity contribution < 1.29 is 0 Å². The molecule has 4 nitrogen and oxygen atoms in total. The minimum absolute atomic E-state index is 0.192. The van der Waals surface area contributed by atoms with Gasteiger partial charge in [0.05, 0.1) is 16.4 Å². The van der Waals surface area contributed by atoms with Gasteiger partial charge in [0, 0.05) is 42.0 Å². The summed E-state index contributed by atoms with van der Waals surface area (Å²) in [7, 11) is 0. The molecule has 6 heteroatoms. The van der Waals surface area contributed by atoms with Crippen LogP contribution in [-0.2, 0) is 18.5 Å². The fraction of sp³-hybridized carbons (Fsp3) is 0.448. The van der Waals surface area contributed by atoms with Crippen molar-refractivity contribution in [3.8, 4) is 0 Å². The van der Waals surface area contributed by atoms with Crippen molar-refractivity contribution in [3.05, 3.63) is 93.0 Å². The Kier molecular flexibility index (Phi) is 8.82. The first-order chi connectivity index (χ1) is 16.8. The first-order valence-corrected chi connectivity index (χ1v) is 13.4. The molecule has 0 spiro atoms. The lowest BCUT2D eigenvalue weighted by molar-refractivity contribution is 0.243. The number of halogens is 2. The van der Waals surface area contributed by atoms with Crippen molar-refractivity contribution in [2.75, 3.05) is 13.1 Å². The summed E-state index contributed by atoms with van der Waals surface area (Å²) in [6, 6.07) is 15.2. The van der Waals surface area contributed by atoms with Gasteiger partial charge in [-0.2, -0.15) is 0 Å². The van der Waals surface area contributed by atoms with Gasteiger partial charge < -0.3 is 5.32 Å². The smallest absolute Gasteiger partial charge is 0.0592 e. The lowest BCUT2D eigenvalue weighted by Gasteiger charge is -2.30. The van der Waals surface area contributed by atoms with Gasteiger partial charge in [0.1, 0.15) is 0 Å². The summed E-state index contributed by atoms with van der Waals surface area (Å²) in [5.41, 5.74) is 5.57. The van der Waals surface area contributed by atoms with Gasteiger partial charge >= 0.3 is 0 Å². The summed E-state index contributed by atoms with van der Waals surface area (Å²) in [6.45, 7) is 10.2. The summed E-state index contributed by atoms with van der Waals surface area (Å²) in [5, 5.41) is 5.06. The minimum Gasteiger partial charge on any atom is -0.314 e. The molecule has 1 aliphatic carbocycles. The van der Waals surface area contributed by atoms with E-state index < -0.39 is 0 Å². The predicted octanol–water partition coefficient (Wildman–Crippen LogP) is 6.95. The van der Waals surface area contributed by atoms with Crippen LogP contribution in [0.25, 0.3) is 0 Å². The Balaban J connectivity index is 1.53. The average molecular weight is 512 g/mol.